The first kappa shape index (κ1) is 16.9. The van der Waals surface area contributed by atoms with Gasteiger partial charge in [0.25, 0.3) is 0 Å². The van der Waals surface area contributed by atoms with Crippen LogP contribution in [0.4, 0.5) is 0 Å². The average molecular weight is 291 g/mol. The number of methoxy groups -OCH3 is 1. The van der Waals surface area contributed by atoms with E-state index in [0.717, 1.165) is 5.39 Å². The lowest BCUT2D eigenvalue weighted by atomic mass is 10.1. The molecule has 2 rings (SSSR count). The number of ether oxygens (including phenoxy) is 2. The summed E-state index contributed by atoms with van der Waals surface area (Å²) in [5.74, 6) is 0.0878. The van der Waals surface area contributed by atoms with E-state index in [2.05, 4.69) is 4.98 Å². The van der Waals surface area contributed by atoms with E-state index in [1.807, 2.05) is 13.8 Å². The molecule has 1 N–H and O–H groups in total. The molecule has 0 aliphatic carbocycles. The van der Waals surface area contributed by atoms with Gasteiger partial charge in [-0.15, -0.1) is 0 Å². The van der Waals surface area contributed by atoms with Crippen molar-refractivity contribution in [3.8, 4) is 5.75 Å². The molecule has 114 valence electrons. The van der Waals surface area contributed by atoms with Gasteiger partial charge in [0.05, 0.1) is 31.6 Å². The van der Waals surface area contributed by atoms with Crippen LogP contribution < -0.4 is 4.74 Å². The van der Waals surface area contributed by atoms with E-state index in [-0.39, 0.29) is 6.61 Å². The van der Waals surface area contributed by atoms with Crippen LogP contribution in [0, 0.1) is 0 Å². The summed E-state index contributed by atoms with van der Waals surface area (Å²) in [4.78, 5) is 16.0. The molecular formula is C16H21NO4. The highest BCUT2D eigenvalue weighted by atomic mass is 16.5. The Hall–Kier alpha value is -2.14. The fraction of sp³-hybridized carbons (Fsp3) is 0.375. The SMILES string of the molecule is CC.CCOC(=O)c1cc(OC)c2nc(CO)ccc2c1. The number of aromatic nitrogens is 1. The molecule has 0 radical (unpaired) electrons. The molecular weight excluding hydrogens is 270 g/mol. The molecule has 1 aromatic carbocycles. The van der Waals surface area contributed by atoms with Crippen LogP contribution in [0.2, 0.25) is 0 Å². The number of pyridine rings is 1. The lowest BCUT2D eigenvalue weighted by molar-refractivity contribution is 0.0526. The molecule has 0 spiro atoms. The predicted molar refractivity (Wildman–Crippen MR) is 81.5 cm³/mol. The summed E-state index contributed by atoms with van der Waals surface area (Å²) in [5.41, 5.74) is 1.58. The first-order valence-electron chi connectivity index (χ1n) is 6.95. The number of carbonyl (C=O) groups excluding carboxylic acids is 1. The number of hydrogen-bond donors (Lipinski definition) is 1. The molecule has 0 atom stereocenters. The van der Waals surface area contributed by atoms with Gasteiger partial charge in [-0.05, 0) is 25.1 Å². The van der Waals surface area contributed by atoms with Crippen LogP contribution in [-0.4, -0.2) is 29.8 Å². The third-order valence-electron chi connectivity index (χ3n) is 2.71. The van der Waals surface area contributed by atoms with Gasteiger partial charge in [0.15, 0.2) is 0 Å². The van der Waals surface area contributed by atoms with Crippen LogP contribution >= 0.6 is 0 Å². The van der Waals surface area contributed by atoms with E-state index in [1.54, 1.807) is 31.2 Å². The van der Waals surface area contributed by atoms with Crippen molar-refractivity contribution in [1.29, 1.82) is 0 Å². The molecule has 0 amide bonds. The third-order valence-corrected chi connectivity index (χ3v) is 2.71. The summed E-state index contributed by atoms with van der Waals surface area (Å²) in [6.45, 7) is 5.94. The van der Waals surface area contributed by atoms with Gasteiger partial charge >= 0.3 is 5.97 Å². The van der Waals surface area contributed by atoms with Gasteiger partial charge in [0.1, 0.15) is 11.3 Å². The van der Waals surface area contributed by atoms with Gasteiger partial charge in [-0.2, -0.15) is 0 Å². The first-order valence-corrected chi connectivity index (χ1v) is 6.95. The van der Waals surface area contributed by atoms with Crippen LogP contribution in [0.1, 0.15) is 36.8 Å². The van der Waals surface area contributed by atoms with E-state index in [4.69, 9.17) is 14.6 Å². The van der Waals surface area contributed by atoms with Crippen molar-refractivity contribution in [3.63, 3.8) is 0 Å². The molecule has 0 aliphatic heterocycles. The van der Waals surface area contributed by atoms with Crippen molar-refractivity contribution in [2.24, 2.45) is 0 Å². The second-order valence-electron chi connectivity index (χ2n) is 3.93. The zero-order valence-corrected chi connectivity index (χ0v) is 12.8. The number of aliphatic hydroxyl groups is 1. The summed E-state index contributed by atoms with van der Waals surface area (Å²) in [6.07, 6.45) is 0. The third kappa shape index (κ3) is 3.92. The second-order valence-corrected chi connectivity index (χ2v) is 3.93. The fourth-order valence-electron chi connectivity index (χ4n) is 1.82. The molecule has 0 saturated carbocycles. The van der Waals surface area contributed by atoms with E-state index < -0.39 is 5.97 Å². The number of nitrogens with zero attached hydrogens (tertiary/aromatic N) is 1. The van der Waals surface area contributed by atoms with Crippen molar-refractivity contribution in [1.82, 2.24) is 4.98 Å². The molecule has 1 aromatic heterocycles. The van der Waals surface area contributed by atoms with Crippen LogP contribution in [-0.2, 0) is 11.3 Å². The molecule has 0 bridgehead atoms. The highest BCUT2D eigenvalue weighted by Gasteiger charge is 2.12. The molecule has 2 aromatic rings. The maximum absolute atomic E-state index is 11.7. The Bertz CT molecular complexity index is 610. The largest absolute Gasteiger partial charge is 0.494 e. The Balaban J connectivity index is 0.00000106. The van der Waals surface area contributed by atoms with Crippen molar-refractivity contribution in [2.45, 2.75) is 27.4 Å². The topological polar surface area (TPSA) is 68.7 Å². The van der Waals surface area contributed by atoms with Crippen LogP contribution in [0.25, 0.3) is 10.9 Å². The maximum Gasteiger partial charge on any atom is 0.338 e. The van der Waals surface area contributed by atoms with Gasteiger partial charge in [-0.25, -0.2) is 9.78 Å². The van der Waals surface area contributed by atoms with E-state index in [9.17, 15) is 4.79 Å². The monoisotopic (exact) mass is 291 g/mol. The van der Waals surface area contributed by atoms with E-state index >= 15 is 0 Å². The van der Waals surface area contributed by atoms with Crippen molar-refractivity contribution >= 4 is 16.9 Å². The standard InChI is InChI=1S/C14H15NO4.C2H6/c1-3-19-14(17)10-6-9-4-5-11(8-16)15-13(9)12(7-10)18-2;1-2/h4-7,16H,3,8H2,1-2H3;1-2H3. The minimum Gasteiger partial charge on any atom is -0.494 e. The molecule has 1 heterocycles. The predicted octanol–water partition coefficient (Wildman–Crippen LogP) is 2.94. The summed E-state index contributed by atoms with van der Waals surface area (Å²) in [6, 6.07) is 6.79. The summed E-state index contributed by atoms with van der Waals surface area (Å²) in [7, 11) is 1.51. The second kappa shape index (κ2) is 8.21. The average Bonchev–Trinajstić information content (AvgIpc) is 2.55. The maximum atomic E-state index is 11.7. The van der Waals surface area contributed by atoms with Crippen LogP contribution in [0.15, 0.2) is 24.3 Å². The fourth-order valence-corrected chi connectivity index (χ4v) is 1.82. The number of benzene rings is 1. The minimum absolute atomic E-state index is 0.140. The minimum atomic E-state index is -0.395. The number of rotatable bonds is 4. The van der Waals surface area contributed by atoms with Gasteiger partial charge in [-0.1, -0.05) is 19.9 Å². The lowest BCUT2D eigenvalue weighted by Crippen LogP contribution is -2.05. The molecule has 5 nitrogen and oxygen atoms in total. The smallest absolute Gasteiger partial charge is 0.338 e. The molecule has 0 saturated heterocycles. The van der Waals surface area contributed by atoms with Crippen LogP contribution in [0.3, 0.4) is 0 Å². The van der Waals surface area contributed by atoms with Gasteiger partial charge in [-0.3, -0.25) is 0 Å². The lowest BCUT2D eigenvalue weighted by Gasteiger charge is -2.09. The summed E-state index contributed by atoms with van der Waals surface area (Å²) >= 11 is 0. The Labute approximate surface area is 124 Å². The number of hydrogen-bond acceptors (Lipinski definition) is 5. The molecule has 21 heavy (non-hydrogen) atoms. The highest BCUT2D eigenvalue weighted by molar-refractivity contribution is 5.97. The number of aliphatic hydroxyl groups excluding tert-OH is 1. The Morgan fingerprint density at radius 2 is 2.00 bits per heavy atom. The summed E-state index contributed by atoms with van der Waals surface area (Å²) < 4.78 is 10.2. The zero-order chi connectivity index (χ0) is 15.8. The van der Waals surface area contributed by atoms with Gasteiger partial charge < -0.3 is 14.6 Å². The Morgan fingerprint density at radius 3 is 2.57 bits per heavy atom. The number of carbonyl (C=O) groups is 1. The van der Waals surface area contributed by atoms with Crippen molar-refractivity contribution in [2.75, 3.05) is 13.7 Å². The van der Waals surface area contributed by atoms with Gasteiger partial charge in [0, 0.05) is 5.39 Å². The molecule has 5 heteroatoms. The quantitative estimate of drug-likeness (QED) is 0.877. The zero-order valence-electron chi connectivity index (χ0n) is 12.8. The molecule has 0 aliphatic rings. The normalized spacial score (nSPS) is 9.76. The Kier molecular flexibility index (Phi) is 6.62. The number of fused-ring (bicyclic) bond motifs is 1. The van der Waals surface area contributed by atoms with E-state index in [0.29, 0.717) is 29.1 Å². The van der Waals surface area contributed by atoms with Crippen LogP contribution in [0.5, 0.6) is 5.75 Å². The molecule has 0 unspecified atom stereocenters. The molecule has 0 fully saturated rings. The first-order chi connectivity index (χ1) is 10.2. The van der Waals surface area contributed by atoms with Crippen molar-refractivity contribution < 1.29 is 19.4 Å². The number of esters is 1. The summed E-state index contributed by atoms with van der Waals surface area (Å²) in [5, 5.41) is 9.86. The van der Waals surface area contributed by atoms with Gasteiger partial charge in [0.2, 0.25) is 0 Å². The van der Waals surface area contributed by atoms with E-state index in [1.165, 1.54) is 7.11 Å². The van der Waals surface area contributed by atoms with Crippen molar-refractivity contribution in [3.05, 3.63) is 35.5 Å². The Morgan fingerprint density at radius 1 is 1.29 bits per heavy atom. The highest BCUT2D eigenvalue weighted by Crippen LogP contribution is 2.26.